The molecule has 27 heavy (non-hydrogen) atoms. The van der Waals surface area contributed by atoms with Crippen LogP contribution in [0, 0.1) is 6.92 Å². The molecule has 8 nitrogen and oxygen atoms in total. The molecule has 0 aliphatic carbocycles. The van der Waals surface area contributed by atoms with Gasteiger partial charge in [-0.3, -0.25) is 9.69 Å². The summed E-state index contributed by atoms with van der Waals surface area (Å²) in [5.74, 6) is 1.74. The largest absolute Gasteiger partial charge is 0.497 e. The number of methoxy groups -OCH3 is 2. The van der Waals surface area contributed by atoms with Gasteiger partial charge in [0.15, 0.2) is 5.69 Å². The molecular formula is C19H25N3O5. The highest BCUT2D eigenvalue weighted by atomic mass is 16.5. The topological polar surface area (TPSA) is 86.1 Å². The molecule has 1 N–H and O–H groups in total. The molecular weight excluding hydrogens is 350 g/mol. The van der Waals surface area contributed by atoms with Crippen molar-refractivity contribution in [2.45, 2.75) is 20.0 Å². The van der Waals surface area contributed by atoms with Gasteiger partial charge in [0.1, 0.15) is 17.3 Å². The average Bonchev–Trinajstić information content (AvgIpc) is 3.07. The summed E-state index contributed by atoms with van der Waals surface area (Å²) in [4.78, 5) is 14.9. The van der Waals surface area contributed by atoms with E-state index < -0.39 is 0 Å². The monoisotopic (exact) mass is 375 g/mol. The summed E-state index contributed by atoms with van der Waals surface area (Å²) in [6, 6.07) is 5.47. The van der Waals surface area contributed by atoms with Crippen molar-refractivity contribution in [3.8, 4) is 11.5 Å². The van der Waals surface area contributed by atoms with Crippen LogP contribution in [0.5, 0.6) is 11.5 Å². The number of morpholine rings is 1. The smallest absolute Gasteiger partial charge is 0.274 e. The zero-order valence-electron chi connectivity index (χ0n) is 15.9. The predicted molar refractivity (Wildman–Crippen MR) is 98.1 cm³/mol. The van der Waals surface area contributed by atoms with E-state index in [1.807, 2.05) is 19.1 Å². The van der Waals surface area contributed by atoms with Gasteiger partial charge in [-0.25, -0.2) is 0 Å². The zero-order valence-corrected chi connectivity index (χ0v) is 15.9. The van der Waals surface area contributed by atoms with Gasteiger partial charge in [0.25, 0.3) is 5.91 Å². The fourth-order valence-electron chi connectivity index (χ4n) is 3.00. The van der Waals surface area contributed by atoms with Crippen molar-refractivity contribution in [3.05, 3.63) is 40.8 Å². The fraction of sp³-hybridized carbons (Fsp3) is 0.474. The summed E-state index contributed by atoms with van der Waals surface area (Å²) >= 11 is 0. The van der Waals surface area contributed by atoms with E-state index in [0.717, 1.165) is 24.2 Å². The molecule has 1 aromatic carbocycles. The Kier molecular flexibility index (Phi) is 6.31. The van der Waals surface area contributed by atoms with Crippen molar-refractivity contribution in [2.75, 3.05) is 40.5 Å². The molecule has 1 aliphatic rings. The Morgan fingerprint density at radius 1 is 1.26 bits per heavy atom. The van der Waals surface area contributed by atoms with Crippen molar-refractivity contribution in [2.24, 2.45) is 0 Å². The second-order valence-corrected chi connectivity index (χ2v) is 6.31. The number of aromatic nitrogens is 1. The molecule has 1 amide bonds. The number of ether oxygens (including phenoxy) is 3. The van der Waals surface area contributed by atoms with Crippen LogP contribution in [-0.2, 0) is 17.8 Å². The standard InChI is InChI=1S/C19H25N3O5/c1-13-16(12-22-6-8-26-9-7-22)18(21-27-13)19(23)20-11-14-4-5-15(24-2)10-17(14)25-3/h4-5,10H,6-9,11-12H2,1-3H3,(H,20,23). The molecule has 0 bridgehead atoms. The third kappa shape index (κ3) is 4.58. The quantitative estimate of drug-likeness (QED) is 0.789. The highest BCUT2D eigenvalue weighted by Crippen LogP contribution is 2.24. The molecule has 8 heteroatoms. The van der Waals surface area contributed by atoms with Crippen molar-refractivity contribution >= 4 is 5.91 Å². The van der Waals surface area contributed by atoms with Gasteiger partial charge in [-0.05, 0) is 19.1 Å². The summed E-state index contributed by atoms with van der Waals surface area (Å²) in [6.07, 6.45) is 0. The van der Waals surface area contributed by atoms with Crippen LogP contribution >= 0.6 is 0 Å². The van der Waals surface area contributed by atoms with E-state index in [0.29, 0.717) is 49.3 Å². The molecule has 0 spiro atoms. The maximum Gasteiger partial charge on any atom is 0.274 e. The molecule has 1 aliphatic heterocycles. The van der Waals surface area contributed by atoms with E-state index >= 15 is 0 Å². The van der Waals surface area contributed by atoms with Crippen LogP contribution in [0.25, 0.3) is 0 Å². The van der Waals surface area contributed by atoms with Crippen LogP contribution in [0.1, 0.15) is 27.4 Å². The highest BCUT2D eigenvalue weighted by molar-refractivity contribution is 5.93. The number of hydrogen-bond acceptors (Lipinski definition) is 7. The van der Waals surface area contributed by atoms with Crippen LogP contribution < -0.4 is 14.8 Å². The lowest BCUT2D eigenvalue weighted by molar-refractivity contribution is 0.0339. The normalized spacial score (nSPS) is 14.8. The first-order valence-corrected chi connectivity index (χ1v) is 8.86. The number of amides is 1. The molecule has 0 saturated carbocycles. The maximum absolute atomic E-state index is 12.7. The minimum absolute atomic E-state index is 0.270. The Labute approximate surface area is 158 Å². The van der Waals surface area contributed by atoms with Gasteiger partial charge in [0.2, 0.25) is 0 Å². The van der Waals surface area contributed by atoms with Crippen LogP contribution in [0.4, 0.5) is 0 Å². The zero-order chi connectivity index (χ0) is 19.2. The van der Waals surface area contributed by atoms with Crippen LogP contribution in [0.15, 0.2) is 22.7 Å². The van der Waals surface area contributed by atoms with Crippen LogP contribution in [-0.4, -0.2) is 56.5 Å². The maximum atomic E-state index is 12.7. The number of nitrogens with one attached hydrogen (secondary N) is 1. The van der Waals surface area contributed by atoms with Gasteiger partial charge >= 0.3 is 0 Å². The minimum Gasteiger partial charge on any atom is -0.497 e. The molecule has 0 atom stereocenters. The summed E-state index contributed by atoms with van der Waals surface area (Å²) in [5.41, 5.74) is 1.99. The van der Waals surface area contributed by atoms with Gasteiger partial charge in [0.05, 0.1) is 27.4 Å². The number of benzene rings is 1. The van der Waals surface area contributed by atoms with Gasteiger partial charge in [-0.2, -0.15) is 0 Å². The molecule has 1 fully saturated rings. The third-order valence-electron chi connectivity index (χ3n) is 4.62. The first-order chi connectivity index (χ1) is 13.1. The van der Waals surface area contributed by atoms with E-state index in [1.165, 1.54) is 0 Å². The number of carbonyl (C=O) groups excluding carboxylic acids is 1. The molecule has 0 radical (unpaired) electrons. The average molecular weight is 375 g/mol. The van der Waals surface area contributed by atoms with Gasteiger partial charge in [-0.15, -0.1) is 0 Å². The summed E-state index contributed by atoms with van der Waals surface area (Å²) < 4.78 is 21.2. The lowest BCUT2D eigenvalue weighted by atomic mass is 10.1. The van der Waals surface area contributed by atoms with E-state index in [9.17, 15) is 4.79 Å². The van der Waals surface area contributed by atoms with E-state index in [2.05, 4.69) is 15.4 Å². The molecule has 0 unspecified atom stereocenters. The second-order valence-electron chi connectivity index (χ2n) is 6.31. The van der Waals surface area contributed by atoms with Crippen molar-refractivity contribution < 1.29 is 23.5 Å². The Hall–Kier alpha value is -2.58. The first-order valence-electron chi connectivity index (χ1n) is 8.86. The molecule has 146 valence electrons. The van der Waals surface area contributed by atoms with Crippen LogP contribution in [0.2, 0.25) is 0 Å². The van der Waals surface area contributed by atoms with E-state index in [1.54, 1.807) is 20.3 Å². The predicted octanol–water partition coefficient (Wildman–Crippen LogP) is 1.76. The van der Waals surface area contributed by atoms with Crippen molar-refractivity contribution in [1.82, 2.24) is 15.4 Å². The Bertz CT molecular complexity index is 784. The number of carbonyl (C=O) groups is 1. The van der Waals surface area contributed by atoms with Crippen molar-refractivity contribution in [3.63, 3.8) is 0 Å². The number of hydrogen-bond donors (Lipinski definition) is 1. The SMILES string of the molecule is COc1ccc(CNC(=O)c2noc(C)c2CN2CCOCC2)c(OC)c1. The molecule has 1 aromatic heterocycles. The molecule has 2 aromatic rings. The Balaban J connectivity index is 1.68. The highest BCUT2D eigenvalue weighted by Gasteiger charge is 2.23. The molecule has 2 heterocycles. The lowest BCUT2D eigenvalue weighted by Crippen LogP contribution is -2.36. The molecule has 1 saturated heterocycles. The Morgan fingerprint density at radius 2 is 2.04 bits per heavy atom. The van der Waals surface area contributed by atoms with E-state index in [-0.39, 0.29) is 5.91 Å². The van der Waals surface area contributed by atoms with Crippen LogP contribution in [0.3, 0.4) is 0 Å². The van der Waals surface area contributed by atoms with Gasteiger partial charge in [0, 0.05) is 43.4 Å². The van der Waals surface area contributed by atoms with Crippen molar-refractivity contribution in [1.29, 1.82) is 0 Å². The number of nitrogens with zero attached hydrogens (tertiary/aromatic N) is 2. The number of rotatable bonds is 7. The minimum atomic E-state index is -0.270. The summed E-state index contributed by atoms with van der Waals surface area (Å²) in [5, 5.41) is 6.86. The van der Waals surface area contributed by atoms with Gasteiger partial charge in [-0.1, -0.05) is 5.16 Å². The fourth-order valence-corrected chi connectivity index (χ4v) is 3.00. The molecule has 3 rings (SSSR count). The second kappa shape index (κ2) is 8.88. The first kappa shape index (κ1) is 19.2. The summed E-state index contributed by atoms with van der Waals surface area (Å²) in [7, 11) is 3.18. The van der Waals surface area contributed by atoms with E-state index in [4.69, 9.17) is 18.7 Å². The lowest BCUT2D eigenvalue weighted by Gasteiger charge is -2.26. The number of aryl methyl sites for hydroxylation is 1. The Morgan fingerprint density at radius 3 is 2.74 bits per heavy atom. The van der Waals surface area contributed by atoms with Gasteiger partial charge < -0.3 is 24.1 Å². The summed E-state index contributed by atoms with van der Waals surface area (Å²) in [6.45, 7) is 5.81. The third-order valence-corrected chi connectivity index (χ3v) is 4.62.